The maximum atomic E-state index is 11.1. The number of benzene rings is 1. The maximum absolute atomic E-state index is 11.1. The van der Waals surface area contributed by atoms with Crippen molar-refractivity contribution in [1.82, 2.24) is 0 Å². The summed E-state index contributed by atoms with van der Waals surface area (Å²) in [6, 6.07) is 9.80. The molecule has 1 aromatic carbocycles. The zero-order valence-corrected chi connectivity index (χ0v) is 10.0. The van der Waals surface area contributed by atoms with Crippen molar-refractivity contribution in [3.05, 3.63) is 35.9 Å². The molecule has 2 heteroatoms. The minimum absolute atomic E-state index is 0.241. The Morgan fingerprint density at radius 3 is 2.47 bits per heavy atom. The molecule has 0 amide bonds. The van der Waals surface area contributed by atoms with Gasteiger partial charge in [0.05, 0.1) is 0 Å². The Labute approximate surface area is 102 Å². The molecule has 0 atom stereocenters. The number of ether oxygens (including phenoxy) is 1. The van der Waals surface area contributed by atoms with Crippen LogP contribution in [0.1, 0.15) is 38.2 Å². The van der Waals surface area contributed by atoms with E-state index in [0.717, 1.165) is 31.2 Å². The summed E-state index contributed by atoms with van der Waals surface area (Å²) in [5.41, 5.74) is 0.424. The van der Waals surface area contributed by atoms with Gasteiger partial charge in [-0.25, -0.2) is 0 Å². The summed E-state index contributed by atoms with van der Waals surface area (Å²) in [5.74, 6) is 6.01. The average molecular weight is 228 g/mol. The molecule has 1 fully saturated rings. The van der Waals surface area contributed by atoms with E-state index in [9.17, 15) is 4.79 Å². The fourth-order valence-electron chi connectivity index (χ4n) is 2.18. The Bertz CT molecular complexity index is 445. The van der Waals surface area contributed by atoms with E-state index in [-0.39, 0.29) is 5.97 Å². The topological polar surface area (TPSA) is 26.3 Å². The van der Waals surface area contributed by atoms with E-state index >= 15 is 0 Å². The van der Waals surface area contributed by atoms with Crippen molar-refractivity contribution in [3.63, 3.8) is 0 Å². The lowest BCUT2D eigenvalue weighted by atomic mass is 10.0. The van der Waals surface area contributed by atoms with E-state index in [2.05, 4.69) is 11.8 Å². The Kier molecular flexibility index (Phi) is 3.49. The van der Waals surface area contributed by atoms with Gasteiger partial charge in [0.25, 0.3) is 0 Å². The molecule has 0 unspecified atom stereocenters. The van der Waals surface area contributed by atoms with Gasteiger partial charge < -0.3 is 4.74 Å². The average Bonchev–Trinajstić information content (AvgIpc) is 2.76. The first kappa shape index (κ1) is 11.7. The lowest BCUT2D eigenvalue weighted by Crippen LogP contribution is -2.29. The molecule has 17 heavy (non-hydrogen) atoms. The molecule has 2 rings (SSSR count). The second kappa shape index (κ2) is 5.05. The third-order valence-electron chi connectivity index (χ3n) is 2.96. The SMILES string of the molecule is CC(=O)OC1(C#Cc2ccccc2)CCCC1. The summed E-state index contributed by atoms with van der Waals surface area (Å²) in [7, 11) is 0. The molecule has 1 aliphatic carbocycles. The van der Waals surface area contributed by atoms with Crippen LogP contribution in [0.25, 0.3) is 0 Å². The monoisotopic (exact) mass is 228 g/mol. The first-order chi connectivity index (χ1) is 8.20. The fourth-order valence-corrected chi connectivity index (χ4v) is 2.18. The van der Waals surface area contributed by atoms with Crippen molar-refractivity contribution in [2.45, 2.75) is 38.2 Å². The predicted molar refractivity (Wildman–Crippen MR) is 66.3 cm³/mol. The van der Waals surface area contributed by atoms with Gasteiger partial charge >= 0.3 is 5.97 Å². The molecule has 0 N–H and O–H groups in total. The fraction of sp³-hybridized carbons (Fsp3) is 0.400. The van der Waals surface area contributed by atoms with Crippen molar-refractivity contribution in [2.75, 3.05) is 0 Å². The zero-order valence-electron chi connectivity index (χ0n) is 10.0. The van der Waals surface area contributed by atoms with Crippen LogP contribution in [0.3, 0.4) is 0 Å². The zero-order chi connectivity index (χ0) is 12.1. The van der Waals surface area contributed by atoms with Crippen molar-refractivity contribution in [2.24, 2.45) is 0 Å². The first-order valence-corrected chi connectivity index (χ1v) is 5.98. The molecule has 0 spiro atoms. The van der Waals surface area contributed by atoms with Crippen molar-refractivity contribution < 1.29 is 9.53 Å². The van der Waals surface area contributed by atoms with E-state index in [1.165, 1.54) is 6.92 Å². The van der Waals surface area contributed by atoms with Crippen LogP contribution in [0.4, 0.5) is 0 Å². The molecular weight excluding hydrogens is 212 g/mol. The minimum Gasteiger partial charge on any atom is -0.446 e. The van der Waals surface area contributed by atoms with Gasteiger partial charge in [-0.3, -0.25) is 4.79 Å². The smallest absolute Gasteiger partial charge is 0.304 e. The van der Waals surface area contributed by atoms with Crippen LogP contribution in [0.5, 0.6) is 0 Å². The summed E-state index contributed by atoms with van der Waals surface area (Å²) < 4.78 is 5.41. The number of carbonyl (C=O) groups is 1. The van der Waals surface area contributed by atoms with E-state index < -0.39 is 5.60 Å². The molecule has 0 bridgehead atoms. The third kappa shape index (κ3) is 3.10. The molecule has 0 radical (unpaired) electrons. The molecule has 0 aliphatic heterocycles. The van der Waals surface area contributed by atoms with Crippen LogP contribution >= 0.6 is 0 Å². The number of hydrogen-bond donors (Lipinski definition) is 0. The molecule has 0 saturated heterocycles. The lowest BCUT2D eigenvalue weighted by Gasteiger charge is -2.21. The molecule has 88 valence electrons. The van der Waals surface area contributed by atoms with Crippen LogP contribution in [-0.2, 0) is 9.53 Å². The largest absolute Gasteiger partial charge is 0.446 e. The van der Waals surface area contributed by atoms with Crippen molar-refractivity contribution in [1.29, 1.82) is 0 Å². The van der Waals surface area contributed by atoms with Gasteiger partial charge in [0.1, 0.15) is 0 Å². The van der Waals surface area contributed by atoms with E-state index in [1.54, 1.807) is 0 Å². The van der Waals surface area contributed by atoms with Crippen LogP contribution in [0.2, 0.25) is 0 Å². The maximum Gasteiger partial charge on any atom is 0.304 e. The minimum atomic E-state index is -0.540. The highest BCUT2D eigenvalue weighted by atomic mass is 16.6. The van der Waals surface area contributed by atoms with E-state index in [4.69, 9.17) is 4.74 Å². The van der Waals surface area contributed by atoms with Gasteiger partial charge in [-0.2, -0.15) is 0 Å². The molecule has 1 aliphatic rings. The quantitative estimate of drug-likeness (QED) is 0.545. The van der Waals surface area contributed by atoms with Gasteiger partial charge in [-0.15, -0.1) is 0 Å². The van der Waals surface area contributed by atoms with Crippen LogP contribution in [0.15, 0.2) is 30.3 Å². The van der Waals surface area contributed by atoms with Gasteiger partial charge in [-0.1, -0.05) is 24.1 Å². The van der Waals surface area contributed by atoms with Crippen molar-refractivity contribution >= 4 is 5.97 Å². The highest BCUT2D eigenvalue weighted by Gasteiger charge is 2.35. The standard InChI is InChI=1S/C15H16O2/c1-13(16)17-15(10-5-6-11-15)12-9-14-7-3-2-4-8-14/h2-4,7-8H,5-6,10-11H2,1H3. The first-order valence-electron chi connectivity index (χ1n) is 5.98. The predicted octanol–water partition coefficient (Wildman–Crippen LogP) is 2.91. The summed E-state index contributed by atoms with van der Waals surface area (Å²) in [6.07, 6.45) is 3.87. The van der Waals surface area contributed by atoms with Crippen LogP contribution < -0.4 is 0 Å². The molecule has 1 aromatic rings. The van der Waals surface area contributed by atoms with E-state index in [0.29, 0.717) is 0 Å². The van der Waals surface area contributed by atoms with Crippen LogP contribution in [-0.4, -0.2) is 11.6 Å². The molecule has 2 nitrogen and oxygen atoms in total. The number of esters is 1. The van der Waals surface area contributed by atoms with Gasteiger partial charge in [0.15, 0.2) is 5.60 Å². The van der Waals surface area contributed by atoms with Gasteiger partial charge in [0.2, 0.25) is 0 Å². The number of hydrogen-bond acceptors (Lipinski definition) is 2. The van der Waals surface area contributed by atoms with Crippen molar-refractivity contribution in [3.8, 4) is 11.8 Å². The highest BCUT2D eigenvalue weighted by molar-refractivity contribution is 5.67. The highest BCUT2D eigenvalue weighted by Crippen LogP contribution is 2.32. The summed E-state index contributed by atoms with van der Waals surface area (Å²) >= 11 is 0. The number of carbonyl (C=O) groups excluding carboxylic acids is 1. The summed E-state index contributed by atoms with van der Waals surface area (Å²) in [5, 5.41) is 0. The molecular formula is C15H16O2. The van der Waals surface area contributed by atoms with Gasteiger partial charge in [0, 0.05) is 12.5 Å². The Hall–Kier alpha value is -1.75. The Balaban J connectivity index is 2.19. The Morgan fingerprint density at radius 1 is 1.24 bits per heavy atom. The molecule has 1 saturated carbocycles. The van der Waals surface area contributed by atoms with Crippen LogP contribution in [0, 0.1) is 11.8 Å². The second-order valence-corrected chi connectivity index (χ2v) is 4.41. The molecule has 0 aromatic heterocycles. The second-order valence-electron chi connectivity index (χ2n) is 4.41. The van der Waals surface area contributed by atoms with Gasteiger partial charge in [-0.05, 0) is 43.7 Å². The summed E-state index contributed by atoms with van der Waals surface area (Å²) in [6.45, 7) is 1.45. The Morgan fingerprint density at radius 2 is 1.88 bits per heavy atom. The molecule has 0 heterocycles. The third-order valence-corrected chi connectivity index (χ3v) is 2.96. The summed E-state index contributed by atoms with van der Waals surface area (Å²) in [4.78, 5) is 11.1. The lowest BCUT2D eigenvalue weighted by molar-refractivity contribution is -0.151. The van der Waals surface area contributed by atoms with E-state index in [1.807, 2.05) is 30.3 Å². The normalized spacial score (nSPS) is 17.0. The number of rotatable bonds is 1.